The van der Waals surface area contributed by atoms with Crippen LogP contribution in [-0.2, 0) is 20.8 Å². The van der Waals surface area contributed by atoms with Crippen molar-refractivity contribution < 1.29 is 33.0 Å². The Bertz CT molecular complexity index is 1480. The van der Waals surface area contributed by atoms with Crippen molar-refractivity contribution >= 4 is 28.8 Å². The third-order valence-electron chi connectivity index (χ3n) is 8.87. The van der Waals surface area contributed by atoms with Crippen molar-refractivity contribution in [3.8, 4) is 6.08 Å². The molecular weight excluding hydrogens is 563 g/mol. The molecule has 1 aliphatic carbocycles. The second kappa shape index (κ2) is 13.7. The number of carbonyl (C=O) groups is 3. The summed E-state index contributed by atoms with van der Waals surface area (Å²) in [5, 5.41) is 10.1. The van der Waals surface area contributed by atoms with Gasteiger partial charge in [-0.25, -0.2) is 4.39 Å². The van der Waals surface area contributed by atoms with Gasteiger partial charge in [-0.1, -0.05) is 56.5 Å². The van der Waals surface area contributed by atoms with Crippen molar-refractivity contribution in [1.82, 2.24) is 9.88 Å². The molecule has 234 valence electrons. The Morgan fingerprint density at radius 3 is 2.75 bits per heavy atom. The number of unbranched alkanes of at least 4 members (excludes halogenated alkanes) is 4. The Morgan fingerprint density at radius 2 is 2.00 bits per heavy atom. The number of carboxylic acids is 1. The van der Waals surface area contributed by atoms with E-state index < -0.39 is 23.5 Å². The Balaban J connectivity index is 1.28. The first kappa shape index (κ1) is 31.4. The van der Waals surface area contributed by atoms with Gasteiger partial charge in [0.05, 0.1) is 18.0 Å². The lowest BCUT2D eigenvalue weighted by Crippen LogP contribution is -2.42. The fourth-order valence-corrected chi connectivity index (χ4v) is 6.35. The van der Waals surface area contributed by atoms with Crippen LogP contribution in [0.5, 0.6) is 6.08 Å². The second-order valence-corrected chi connectivity index (χ2v) is 12.3. The molecule has 44 heavy (non-hydrogen) atoms. The third-order valence-corrected chi connectivity index (χ3v) is 8.87. The van der Waals surface area contributed by atoms with Crippen molar-refractivity contribution in [3.63, 3.8) is 0 Å². The van der Waals surface area contributed by atoms with Crippen molar-refractivity contribution in [1.29, 1.82) is 0 Å². The van der Waals surface area contributed by atoms with Crippen LogP contribution in [0.15, 0.2) is 59.0 Å². The Morgan fingerprint density at radius 1 is 1.18 bits per heavy atom. The van der Waals surface area contributed by atoms with E-state index >= 15 is 0 Å². The van der Waals surface area contributed by atoms with Gasteiger partial charge in [-0.3, -0.25) is 14.4 Å². The van der Waals surface area contributed by atoms with Crippen LogP contribution in [0.1, 0.15) is 75.8 Å². The Hall–Kier alpha value is -4.01. The first-order valence-electron chi connectivity index (χ1n) is 15.7. The maximum atomic E-state index is 13.9. The topological polar surface area (TPSA) is 110 Å². The van der Waals surface area contributed by atoms with Crippen molar-refractivity contribution in [2.45, 2.75) is 90.2 Å². The number of carboxylic acid groups (broad SMARTS) is 1. The lowest BCUT2D eigenvalue weighted by molar-refractivity contribution is -0.147. The molecule has 1 aliphatic heterocycles. The number of ketones is 1. The summed E-state index contributed by atoms with van der Waals surface area (Å²) in [5.74, 6) is -2.10. The average Bonchev–Trinajstić information content (AvgIpc) is 3.30. The molecular formula is C35H41FN2O6. The summed E-state index contributed by atoms with van der Waals surface area (Å²) in [6.07, 6.45) is 9.77. The van der Waals surface area contributed by atoms with E-state index in [2.05, 4.69) is 11.9 Å². The van der Waals surface area contributed by atoms with E-state index in [0.717, 1.165) is 31.2 Å². The van der Waals surface area contributed by atoms with Gasteiger partial charge in [0, 0.05) is 19.3 Å². The number of carbonyl (C=O) groups excluding carboxylic acids is 2. The molecule has 2 aliphatic rings. The van der Waals surface area contributed by atoms with Gasteiger partial charge in [-0.15, -0.1) is 0 Å². The molecule has 2 fully saturated rings. The van der Waals surface area contributed by atoms with Crippen molar-refractivity contribution in [2.75, 3.05) is 6.54 Å². The summed E-state index contributed by atoms with van der Waals surface area (Å²) in [6.45, 7) is 4.09. The zero-order valence-electron chi connectivity index (χ0n) is 25.5. The maximum Gasteiger partial charge on any atom is 0.394 e. The second-order valence-electron chi connectivity index (χ2n) is 12.3. The third kappa shape index (κ3) is 7.37. The highest BCUT2D eigenvalue weighted by Crippen LogP contribution is 2.57. The molecule has 1 saturated heterocycles. The van der Waals surface area contributed by atoms with Gasteiger partial charge in [0.1, 0.15) is 17.4 Å². The van der Waals surface area contributed by atoms with Crippen LogP contribution in [0.2, 0.25) is 0 Å². The van der Waals surface area contributed by atoms with Gasteiger partial charge in [0.2, 0.25) is 5.91 Å². The van der Waals surface area contributed by atoms with Crippen molar-refractivity contribution in [2.24, 2.45) is 11.3 Å². The molecule has 1 N–H and O–H groups in total. The van der Waals surface area contributed by atoms with Gasteiger partial charge >= 0.3 is 12.0 Å². The zero-order chi connectivity index (χ0) is 31.3. The van der Waals surface area contributed by atoms with Crippen LogP contribution in [0.25, 0.3) is 11.1 Å². The molecule has 2 aromatic carbocycles. The molecule has 9 heteroatoms. The molecule has 0 unspecified atom stereocenters. The zero-order valence-corrected chi connectivity index (χ0v) is 25.5. The Kier molecular flexibility index (Phi) is 9.81. The van der Waals surface area contributed by atoms with Crippen LogP contribution in [0, 0.1) is 24.1 Å². The van der Waals surface area contributed by atoms with Crippen LogP contribution >= 0.6 is 0 Å². The van der Waals surface area contributed by atoms with Gasteiger partial charge in [0.15, 0.2) is 11.4 Å². The van der Waals surface area contributed by atoms with E-state index in [4.69, 9.17) is 9.15 Å². The highest BCUT2D eigenvalue weighted by molar-refractivity contribution is 5.94. The molecule has 0 radical (unpaired) electrons. The maximum absolute atomic E-state index is 13.9. The SMILES string of the molecule is CCCCCC/C=C\[C@@H]1C[C@]1(CC(=O)[C@@H]1C[C@@H](Oc2nc3ccccc3o2)CN1C(=O)CCc1cc(C)cc(F)c1)C(=O)O. The number of benzene rings is 2. The van der Waals surface area contributed by atoms with Crippen LogP contribution in [0.4, 0.5) is 4.39 Å². The van der Waals surface area contributed by atoms with Gasteiger partial charge in [-0.2, -0.15) is 4.98 Å². The van der Waals surface area contributed by atoms with E-state index in [9.17, 15) is 23.9 Å². The van der Waals surface area contributed by atoms with Crippen LogP contribution < -0.4 is 4.74 Å². The first-order valence-corrected chi connectivity index (χ1v) is 15.7. The summed E-state index contributed by atoms with van der Waals surface area (Å²) in [7, 11) is 0. The highest BCUT2D eigenvalue weighted by atomic mass is 19.1. The van der Waals surface area contributed by atoms with Crippen LogP contribution in [0.3, 0.4) is 0 Å². The minimum atomic E-state index is -1.15. The van der Waals surface area contributed by atoms with E-state index in [0.29, 0.717) is 29.5 Å². The number of nitrogens with zero attached hydrogens (tertiary/aromatic N) is 2. The van der Waals surface area contributed by atoms with Gasteiger partial charge in [0.25, 0.3) is 0 Å². The molecule has 1 aromatic heterocycles. The molecule has 3 aromatic rings. The molecule has 0 spiro atoms. The van der Waals surface area contributed by atoms with E-state index in [-0.39, 0.29) is 55.3 Å². The number of fused-ring (bicyclic) bond motifs is 1. The van der Waals surface area contributed by atoms with Crippen LogP contribution in [-0.4, -0.2) is 51.3 Å². The summed E-state index contributed by atoms with van der Waals surface area (Å²) >= 11 is 0. The normalized spacial score (nSPS) is 23.0. The number of ether oxygens (including phenoxy) is 1. The summed E-state index contributed by atoms with van der Waals surface area (Å²) in [6, 6.07) is 11.1. The molecule has 4 atom stereocenters. The number of allylic oxidation sites excluding steroid dienone is 2. The highest BCUT2D eigenvalue weighted by Gasteiger charge is 2.61. The molecule has 8 nitrogen and oxygen atoms in total. The predicted octanol–water partition coefficient (Wildman–Crippen LogP) is 6.83. The predicted molar refractivity (Wildman–Crippen MR) is 164 cm³/mol. The molecule has 5 rings (SSSR count). The fraction of sp³-hybridized carbons (Fsp3) is 0.486. The number of Topliss-reactive ketones (excluding diaryl/α,β-unsaturated/α-hetero) is 1. The van der Waals surface area contributed by atoms with Gasteiger partial charge < -0.3 is 19.2 Å². The van der Waals surface area contributed by atoms with E-state index in [1.807, 2.05) is 30.4 Å². The number of rotatable bonds is 15. The number of para-hydroxylation sites is 2. The molecule has 1 saturated carbocycles. The monoisotopic (exact) mass is 604 g/mol. The molecule has 0 bridgehead atoms. The number of aryl methyl sites for hydroxylation is 2. The Labute approximate surface area is 257 Å². The number of aliphatic carboxylic acids is 1. The van der Waals surface area contributed by atoms with E-state index in [1.54, 1.807) is 19.1 Å². The summed E-state index contributed by atoms with van der Waals surface area (Å²) in [4.78, 5) is 45.6. The number of hydrogen-bond acceptors (Lipinski definition) is 6. The fourth-order valence-electron chi connectivity index (χ4n) is 6.35. The number of halogens is 1. The van der Waals surface area contributed by atoms with E-state index in [1.165, 1.54) is 23.5 Å². The summed E-state index contributed by atoms with van der Waals surface area (Å²) < 4.78 is 25.7. The number of oxazole rings is 1. The quantitative estimate of drug-likeness (QED) is 0.150. The molecule has 2 heterocycles. The average molecular weight is 605 g/mol. The minimum Gasteiger partial charge on any atom is -0.481 e. The number of amides is 1. The molecule has 1 amide bonds. The number of likely N-dealkylation sites (tertiary alicyclic amines) is 1. The standard InChI is InChI=1S/C35H41FN2O6/c1-3-4-5-6-7-8-11-25-20-35(25,33(41)42)21-30(39)29-19-27(43-34-37-28-12-9-10-13-31(28)44-34)22-38(29)32(40)15-14-24-16-23(2)17-26(36)18-24/h8-13,16-18,25,27,29H,3-7,14-15,19-22H2,1-2H3,(H,41,42)/b11-8-/t25-,27-,29+,35-/m1/s1. The first-order chi connectivity index (χ1) is 21.2. The van der Waals surface area contributed by atoms with Crippen molar-refractivity contribution in [3.05, 3.63) is 71.6 Å². The van der Waals surface area contributed by atoms with Gasteiger partial charge in [-0.05, 0) is 73.9 Å². The smallest absolute Gasteiger partial charge is 0.394 e. The lowest BCUT2D eigenvalue weighted by Gasteiger charge is -2.24. The largest absolute Gasteiger partial charge is 0.481 e. The number of aromatic nitrogens is 1. The lowest BCUT2D eigenvalue weighted by atomic mass is 9.92. The number of hydrogen-bond donors (Lipinski definition) is 1. The minimum absolute atomic E-state index is 0.0558. The summed E-state index contributed by atoms with van der Waals surface area (Å²) in [5.41, 5.74) is 1.51.